The molecule has 2 amide bonds. The molecule has 0 heterocycles. The lowest BCUT2D eigenvalue weighted by atomic mass is 10.2. The minimum Gasteiger partial charge on any atom is -0.495 e. The van der Waals surface area contributed by atoms with Crippen molar-refractivity contribution in [2.45, 2.75) is 0 Å². The summed E-state index contributed by atoms with van der Waals surface area (Å²) >= 11 is 11.9. The minimum absolute atomic E-state index is 0.0995. The number of nitrogens with one attached hydrogen (secondary N) is 2. The molecule has 136 valence electrons. The number of hydrogen-bond acceptors (Lipinski definition) is 5. The molecule has 0 saturated carbocycles. The van der Waals surface area contributed by atoms with E-state index in [9.17, 15) is 14.4 Å². The lowest BCUT2D eigenvalue weighted by molar-refractivity contribution is -0.132. The Labute approximate surface area is 159 Å². The third-order valence-electron chi connectivity index (χ3n) is 3.25. The van der Waals surface area contributed by atoms with Gasteiger partial charge in [0.15, 0.2) is 0 Å². The number of ether oxygens (including phenoxy) is 2. The summed E-state index contributed by atoms with van der Waals surface area (Å²) in [5, 5.41) is 5.17. The molecule has 2 aromatic rings. The van der Waals surface area contributed by atoms with Gasteiger partial charge in [0.1, 0.15) is 5.75 Å². The largest absolute Gasteiger partial charge is 0.495 e. The number of methoxy groups -OCH3 is 2. The molecule has 2 rings (SSSR count). The van der Waals surface area contributed by atoms with E-state index in [4.69, 9.17) is 27.9 Å². The fourth-order valence-corrected chi connectivity index (χ4v) is 2.40. The maximum Gasteiger partial charge on any atom is 0.337 e. The van der Waals surface area contributed by atoms with Gasteiger partial charge in [-0.1, -0.05) is 23.2 Å². The number of benzene rings is 2. The molecule has 0 saturated heterocycles. The van der Waals surface area contributed by atoms with Gasteiger partial charge in [-0.3, -0.25) is 9.59 Å². The molecule has 0 radical (unpaired) electrons. The number of halogens is 2. The fourth-order valence-electron chi connectivity index (χ4n) is 1.98. The number of amides is 2. The number of esters is 1. The third kappa shape index (κ3) is 4.65. The summed E-state index contributed by atoms with van der Waals surface area (Å²) in [7, 11) is 2.68. The van der Waals surface area contributed by atoms with Crippen molar-refractivity contribution in [1.29, 1.82) is 0 Å². The van der Waals surface area contributed by atoms with Crippen LogP contribution < -0.4 is 15.4 Å². The highest BCUT2D eigenvalue weighted by Crippen LogP contribution is 2.27. The second-order valence-corrected chi connectivity index (χ2v) is 5.76. The van der Waals surface area contributed by atoms with E-state index in [0.717, 1.165) is 0 Å². The highest BCUT2D eigenvalue weighted by Gasteiger charge is 2.17. The minimum atomic E-state index is -0.971. The molecule has 0 unspecified atom stereocenters. The van der Waals surface area contributed by atoms with Gasteiger partial charge in [-0.15, -0.1) is 0 Å². The van der Waals surface area contributed by atoms with Gasteiger partial charge < -0.3 is 20.1 Å². The summed E-state index contributed by atoms with van der Waals surface area (Å²) in [5.41, 5.74) is 0.586. The number of anilines is 2. The van der Waals surface area contributed by atoms with Crippen LogP contribution in [0.3, 0.4) is 0 Å². The molecule has 0 fully saturated rings. The maximum atomic E-state index is 12.1. The Morgan fingerprint density at radius 3 is 2.19 bits per heavy atom. The van der Waals surface area contributed by atoms with E-state index in [-0.39, 0.29) is 21.3 Å². The Bertz CT molecular complexity index is 870. The molecule has 26 heavy (non-hydrogen) atoms. The molecule has 0 aromatic heterocycles. The molecule has 0 aliphatic heterocycles. The lowest BCUT2D eigenvalue weighted by Gasteiger charge is -2.10. The zero-order valence-electron chi connectivity index (χ0n) is 13.8. The fraction of sp³-hybridized carbons (Fsp3) is 0.118. The molecule has 9 heteroatoms. The SMILES string of the molecule is COC(=O)c1ccc(Cl)c(NC(=O)C(=O)Nc2ccc(OC)c(Cl)c2)c1. The maximum absolute atomic E-state index is 12.1. The smallest absolute Gasteiger partial charge is 0.337 e. The van der Waals surface area contributed by atoms with Crippen LogP contribution in [0.2, 0.25) is 10.0 Å². The third-order valence-corrected chi connectivity index (χ3v) is 3.88. The first-order chi connectivity index (χ1) is 12.3. The summed E-state index contributed by atoms with van der Waals surface area (Å²) < 4.78 is 9.60. The highest BCUT2D eigenvalue weighted by atomic mass is 35.5. The average Bonchev–Trinajstić information content (AvgIpc) is 2.62. The zero-order chi connectivity index (χ0) is 19.3. The van der Waals surface area contributed by atoms with Crippen molar-refractivity contribution in [2.24, 2.45) is 0 Å². The first-order valence-corrected chi connectivity index (χ1v) is 7.95. The van der Waals surface area contributed by atoms with Crippen molar-refractivity contribution in [2.75, 3.05) is 24.9 Å². The van der Waals surface area contributed by atoms with Crippen LogP contribution in [-0.2, 0) is 14.3 Å². The van der Waals surface area contributed by atoms with Gasteiger partial charge >= 0.3 is 17.8 Å². The van der Waals surface area contributed by atoms with Crippen LogP contribution in [0.1, 0.15) is 10.4 Å². The van der Waals surface area contributed by atoms with Gasteiger partial charge in [-0.2, -0.15) is 0 Å². The van der Waals surface area contributed by atoms with Crippen molar-refractivity contribution in [3.63, 3.8) is 0 Å². The van der Waals surface area contributed by atoms with Crippen LogP contribution in [0.4, 0.5) is 11.4 Å². The van der Waals surface area contributed by atoms with Crippen molar-refractivity contribution < 1.29 is 23.9 Å². The average molecular weight is 397 g/mol. The van der Waals surface area contributed by atoms with Crippen LogP contribution in [0, 0.1) is 0 Å². The van der Waals surface area contributed by atoms with E-state index in [1.165, 1.54) is 44.6 Å². The van der Waals surface area contributed by atoms with E-state index in [1.807, 2.05) is 0 Å². The second kappa shape index (κ2) is 8.55. The summed E-state index contributed by atoms with van der Waals surface area (Å²) in [6.07, 6.45) is 0. The monoisotopic (exact) mass is 396 g/mol. The van der Waals surface area contributed by atoms with Gasteiger partial charge in [-0.05, 0) is 36.4 Å². The molecule has 0 aliphatic rings. The lowest BCUT2D eigenvalue weighted by Crippen LogP contribution is -2.29. The Hall–Kier alpha value is -2.77. The molecule has 0 atom stereocenters. The van der Waals surface area contributed by atoms with Gasteiger partial charge in [-0.25, -0.2) is 4.79 Å². The molecule has 7 nitrogen and oxygen atoms in total. The van der Waals surface area contributed by atoms with Crippen molar-refractivity contribution >= 4 is 52.4 Å². The van der Waals surface area contributed by atoms with E-state index >= 15 is 0 Å². The molecule has 0 aliphatic carbocycles. The summed E-state index contributed by atoms with van der Waals surface area (Å²) in [6.45, 7) is 0. The molecule has 0 bridgehead atoms. The van der Waals surface area contributed by atoms with Crippen molar-refractivity contribution in [3.8, 4) is 5.75 Å². The number of carbonyl (C=O) groups excluding carboxylic acids is 3. The standard InChI is InChI=1S/C17H14Cl2N2O5/c1-25-14-6-4-10(8-12(14)19)20-15(22)16(23)21-13-7-9(17(24)26-2)3-5-11(13)18/h3-8H,1-2H3,(H,20,22)(H,21,23). The number of rotatable bonds is 4. The van der Waals surface area contributed by atoms with Crippen LogP contribution >= 0.6 is 23.2 Å². The molecule has 2 N–H and O–H groups in total. The van der Waals surface area contributed by atoms with Crippen LogP contribution in [-0.4, -0.2) is 32.0 Å². The Morgan fingerprint density at radius 2 is 1.58 bits per heavy atom. The summed E-state index contributed by atoms with van der Waals surface area (Å²) in [6, 6.07) is 8.67. The first-order valence-electron chi connectivity index (χ1n) is 7.19. The molecular weight excluding hydrogens is 383 g/mol. The van der Waals surface area contributed by atoms with E-state index in [2.05, 4.69) is 15.4 Å². The molecule has 2 aromatic carbocycles. The van der Waals surface area contributed by atoms with E-state index in [1.54, 1.807) is 6.07 Å². The first kappa shape index (κ1) is 19.6. The van der Waals surface area contributed by atoms with Crippen LogP contribution in [0.25, 0.3) is 0 Å². The molecule has 0 spiro atoms. The predicted molar refractivity (Wildman–Crippen MR) is 98.1 cm³/mol. The van der Waals surface area contributed by atoms with Gasteiger partial charge in [0.2, 0.25) is 0 Å². The topological polar surface area (TPSA) is 93.7 Å². The molecular formula is C17H14Cl2N2O5. The Balaban J connectivity index is 2.11. The summed E-state index contributed by atoms with van der Waals surface area (Å²) in [5.74, 6) is -2.08. The van der Waals surface area contributed by atoms with E-state index in [0.29, 0.717) is 11.4 Å². The van der Waals surface area contributed by atoms with Gasteiger partial charge in [0.05, 0.1) is 35.5 Å². The Kier molecular flexibility index (Phi) is 6.43. The van der Waals surface area contributed by atoms with Crippen molar-refractivity contribution in [3.05, 3.63) is 52.0 Å². The zero-order valence-corrected chi connectivity index (χ0v) is 15.3. The van der Waals surface area contributed by atoms with Crippen molar-refractivity contribution in [1.82, 2.24) is 0 Å². The second-order valence-electron chi connectivity index (χ2n) is 4.94. The highest BCUT2D eigenvalue weighted by molar-refractivity contribution is 6.45. The normalized spacial score (nSPS) is 10.0. The predicted octanol–water partition coefficient (Wildman–Crippen LogP) is 3.37. The number of hydrogen-bond donors (Lipinski definition) is 2. The number of carbonyl (C=O) groups is 3. The van der Waals surface area contributed by atoms with Gasteiger partial charge in [0.25, 0.3) is 0 Å². The van der Waals surface area contributed by atoms with Gasteiger partial charge in [0, 0.05) is 5.69 Å². The van der Waals surface area contributed by atoms with E-state index < -0.39 is 17.8 Å². The van der Waals surface area contributed by atoms with Crippen LogP contribution in [0.15, 0.2) is 36.4 Å². The summed E-state index contributed by atoms with van der Waals surface area (Å²) in [4.78, 5) is 35.7. The Morgan fingerprint density at radius 1 is 0.885 bits per heavy atom. The van der Waals surface area contributed by atoms with Crippen LogP contribution in [0.5, 0.6) is 5.75 Å². The quantitative estimate of drug-likeness (QED) is 0.610.